The Morgan fingerprint density at radius 2 is 1.97 bits per heavy atom. The van der Waals surface area contributed by atoms with E-state index >= 15 is 0 Å². The number of sulfonamides is 1. The van der Waals surface area contributed by atoms with E-state index in [2.05, 4.69) is 14.9 Å². The second-order valence-electron chi connectivity index (χ2n) is 6.95. The summed E-state index contributed by atoms with van der Waals surface area (Å²) in [5.41, 5.74) is 14.5. The average molecular weight is 451 g/mol. The minimum absolute atomic E-state index is 0. The van der Waals surface area contributed by atoms with E-state index in [1.54, 1.807) is 30.3 Å². The number of aryl methyl sites for hydroxylation is 1. The van der Waals surface area contributed by atoms with Gasteiger partial charge in [-0.15, -0.1) is 17.5 Å². The largest absolute Gasteiger partial charge is 0.490 e. The molecule has 2 aliphatic rings. The van der Waals surface area contributed by atoms with Crippen molar-refractivity contribution in [1.29, 1.82) is 0 Å². The SMILES string of the molecule is CN1CCOc2ccc(S(=O)(=O)Nc3ccc4c(c3)/C(=N/N=C(N)N)CC4)cc21.Cl. The number of fused-ring (bicyclic) bond motifs is 2. The van der Waals surface area contributed by atoms with Crippen LogP contribution in [0.1, 0.15) is 17.5 Å². The first-order valence-electron chi connectivity index (χ1n) is 9.13. The summed E-state index contributed by atoms with van der Waals surface area (Å²) in [5.74, 6) is 0.556. The van der Waals surface area contributed by atoms with Crippen LogP contribution in [0.2, 0.25) is 0 Å². The number of halogens is 1. The molecular weight excluding hydrogens is 428 g/mol. The molecule has 0 saturated carbocycles. The molecule has 0 atom stereocenters. The number of nitrogens with zero attached hydrogens (tertiary/aromatic N) is 3. The number of ether oxygens (including phenoxy) is 1. The lowest BCUT2D eigenvalue weighted by Crippen LogP contribution is -2.29. The fourth-order valence-corrected chi connectivity index (χ4v) is 4.52. The Hall–Kier alpha value is -2.98. The van der Waals surface area contributed by atoms with E-state index in [1.165, 1.54) is 0 Å². The highest BCUT2D eigenvalue weighted by Crippen LogP contribution is 2.33. The van der Waals surface area contributed by atoms with Crippen LogP contribution in [0.5, 0.6) is 5.75 Å². The first-order chi connectivity index (χ1) is 13.8. The molecule has 5 N–H and O–H groups in total. The highest BCUT2D eigenvalue weighted by molar-refractivity contribution is 7.92. The van der Waals surface area contributed by atoms with Gasteiger partial charge in [0.15, 0.2) is 0 Å². The van der Waals surface area contributed by atoms with E-state index in [4.69, 9.17) is 16.2 Å². The molecule has 0 bridgehead atoms. The number of likely N-dealkylation sites (N-methyl/N-ethyl adjacent to an activating group) is 1. The fraction of sp³-hybridized carbons (Fsp3) is 0.263. The molecule has 2 aromatic carbocycles. The fourth-order valence-electron chi connectivity index (χ4n) is 3.45. The van der Waals surface area contributed by atoms with Crippen molar-refractivity contribution in [3.05, 3.63) is 47.5 Å². The highest BCUT2D eigenvalue weighted by Gasteiger charge is 2.23. The van der Waals surface area contributed by atoms with Gasteiger partial charge in [-0.25, -0.2) is 8.42 Å². The van der Waals surface area contributed by atoms with Gasteiger partial charge in [-0.3, -0.25) is 4.72 Å². The Bertz CT molecular complexity index is 1130. The van der Waals surface area contributed by atoms with E-state index < -0.39 is 10.0 Å². The van der Waals surface area contributed by atoms with Crippen LogP contribution < -0.4 is 25.8 Å². The summed E-state index contributed by atoms with van der Waals surface area (Å²) in [7, 11) is -1.86. The van der Waals surface area contributed by atoms with Crippen molar-refractivity contribution in [2.24, 2.45) is 21.7 Å². The molecule has 0 unspecified atom stereocenters. The smallest absolute Gasteiger partial charge is 0.261 e. The van der Waals surface area contributed by atoms with Gasteiger partial charge in [0, 0.05) is 18.3 Å². The molecule has 0 fully saturated rings. The van der Waals surface area contributed by atoms with E-state index in [1.807, 2.05) is 18.0 Å². The minimum atomic E-state index is -3.77. The molecule has 2 aromatic rings. The Kier molecular flexibility index (Phi) is 6.09. The molecule has 0 saturated heterocycles. The number of benzene rings is 2. The molecule has 11 heteroatoms. The molecule has 9 nitrogen and oxygen atoms in total. The van der Waals surface area contributed by atoms with Gasteiger partial charge in [0.1, 0.15) is 12.4 Å². The van der Waals surface area contributed by atoms with Crippen molar-refractivity contribution in [2.45, 2.75) is 17.7 Å². The van der Waals surface area contributed by atoms with Gasteiger partial charge < -0.3 is 21.1 Å². The highest BCUT2D eigenvalue weighted by atomic mass is 35.5. The molecule has 160 valence electrons. The zero-order valence-corrected chi connectivity index (χ0v) is 18.0. The van der Waals surface area contributed by atoms with Crippen molar-refractivity contribution in [1.82, 2.24) is 0 Å². The third kappa shape index (κ3) is 4.29. The third-order valence-electron chi connectivity index (χ3n) is 4.93. The van der Waals surface area contributed by atoms with E-state index in [0.29, 0.717) is 31.0 Å². The zero-order valence-electron chi connectivity index (χ0n) is 16.3. The van der Waals surface area contributed by atoms with Crippen LogP contribution in [-0.2, 0) is 16.4 Å². The second kappa shape index (κ2) is 8.41. The lowest BCUT2D eigenvalue weighted by atomic mass is 10.1. The topological polar surface area (TPSA) is 135 Å². The minimum Gasteiger partial charge on any atom is -0.490 e. The molecule has 1 aliphatic carbocycles. The third-order valence-corrected chi connectivity index (χ3v) is 6.31. The predicted molar refractivity (Wildman–Crippen MR) is 120 cm³/mol. The predicted octanol–water partition coefficient (Wildman–Crippen LogP) is 1.66. The Balaban J connectivity index is 0.00000256. The van der Waals surface area contributed by atoms with Gasteiger partial charge in [0.25, 0.3) is 10.0 Å². The number of anilines is 2. The maximum absolute atomic E-state index is 12.9. The van der Waals surface area contributed by atoms with Gasteiger partial charge in [-0.05, 0) is 48.7 Å². The Morgan fingerprint density at radius 3 is 2.73 bits per heavy atom. The number of hydrogen-bond acceptors (Lipinski definition) is 6. The zero-order chi connectivity index (χ0) is 20.6. The maximum Gasteiger partial charge on any atom is 0.261 e. The summed E-state index contributed by atoms with van der Waals surface area (Å²) < 4.78 is 34.1. The summed E-state index contributed by atoms with van der Waals surface area (Å²) in [6.07, 6.45) is 1.50. The van der Waals surface area contributed by atoms with Crippen LogP contribution >= 0.6 is 12.4 Å². The number of hydrogen-bond donors (Lipinski definition) is 3. The van der Waals surface area contributed by atoms with Crippen molar-refractivity contribution >= 4 is 45.5 Å². The lowest BCUT2D eigenvalue weighted by molar-refractivity contribution is 0.311. The first-order valence-corrected chi connectivity index (χ1v) is 10.6. The average Bonchev–Trinajstić information content (AvgIpc) is 3.08. The number of guanidine groups is 1. The quantitative estimate of drug-likeness (QED) is 0.368. The summed E-state index contributed by atoms with van der Waals surface area (Å²) in [5, 5.41) is 7.78. The van der Waals surface area contributed by atoms with Gasteiger partial charge in [-0.1, -0.05) is 6.07 Å². The summed E-state index contributed by atoms with van der Waals surface area (Å²) in [6, 6.07) is 10.2. The van der Waals surface area contributed by atoms with Crippen LogP contribution in [0.15, 0.2) is 51.5 Å². The molecule has 0 amide bonds. The number of rotatable bonds is 4. The van der Waals surface area contributed by atoms with Crippen LogP contribution in [0.25, 0.3) is 0 Å². The molecule has 4 rings (SSSR count). The van der Waals surface area contributed by atoms with Crippen molar-refractivity contribution in [2.75, 3.05) is 29.8 Å². The number of nitrogens with two attached hydrogens (primary N) is 2. The van der Waals surface area contributed by atoms with Crippen LogP contribution in [0, 0.1) is 0 Å². The standard InChI is InChI=1S/C19H22N6O3S.ClH/c1-25-8-9-28-18-7-5-14(11-17(18)25)29(26,27)24-13-4-2-12-3-6-16(15(12)10-13)22-23-19(20)21;/h2,4-5,7,10-11,24H,3,6,8-9H2,1H3,(H4,20,21,23);1H/b22-16+;. The molecule has 30 heavy (non-hydrogen) atoms. The van der Waals surface area contributed by atoms with Crippen molar-refractivity contribution in [3.8, 4) is 5.75 Å². The number of nitrogens with one attached hydrogen (secondary N) is 1. The second-order valence-corrected chi connectivity index (χ2v) is 8.63. The lowest BCUT2D eigenvalue weighted by Gasteiger charge is -2.28. The Labute approximate surface area is 181 Å². The maximum atomic E-state index is 12.9. The van der Waals surface area contributed by atoms with Crippen LogP contribution in [0.4, 0.5) is 11.4 Å². The van der Waals surface area contributed by atoms with E-state index in [0.717, 1.165) is 28.9 Å². The van der Waals surface area contributed by atoms with Crippen molar-refractivity contribution in [3.63, 3.8) is 0 Å². The molecule has 0 radical (unpaired) electrons. The van der Waals surface area contributed by atoms with Gasteiger partial charge in [0.2, 0.25) is 5.96 Å². The van der Waals surface area contributed by atoms with Crippen LogP contribution in [-0.4, -0.2) is 40.3 Å². The van der Waals surface area contributed by atoms with Gasteiger partial charge >= 0.3 is 0 Å². The summed E-state index contributed by atoms with van der Waals surface area (Å²) >= 11 is 0. The molecule has 0 spiro atoms. The van der Waals surface area contributed by atoms with E-state index in [9.17, 15) is 8.42 Å². The molecule has 0 aromatic heterocycles. The summed E-state index contributed by atoms with van der Waals surface area (Å²) in [6.45, 7) is 1.28. The van der Waals surface area contributed by atoms with E-state index in [-0.39, 0.29) is 23.3 Å². The van der Waals surface area contributed by atoms with Gasteiger partial charge in [0.05, 0.1) is 22.8 Å². The van der Waals surface area contributed by atoms with Crippen molar-refractivity contribution < 1.29 is 13.2 Å². The molecule has 1 aliphatic heterocycles. The monoisotopic (exact) mass is 450 g/mol. The molecular formula is C19H23ClN6O3S. The van der Waals surface area contributed by atoms with Gasteiger partial charge in [-0.2, -0.15) is 5.10 Å². The van der Waals surface area contributed by atoms with Crippen LogP contribution in [0.3, 0.4) is 0 Å². The molecule has 1 heterocycles. The normalized spacial score (nSPS) is 16.2. The summed E-state index contributed by atoms with van der Waals surface area (Å²) in [4.78, 5) is 2.14. The first kappa shape index (κ1) is 21.7. The Morgan fingerprint density at radius 1 is 1.17 bits per heavy atom.